The molecule has 2 aliphatic rings. The smallest absolute Gasteiger partial charge is 0.222 e. The lowest BCUT2D eigenvalue weighted by Crippen LogP contribution is -2.55. The van der Waals surface area contributed by atoms with E-state index in [9.17, 15) is 14.3 Å². The minimum absolute atomic E-state index is 0.00801. The quantitative estimate of drug-likeness (QED) is 0.809. The Labute approximate surface area is 159 Å². The van der Waals surface area contributed by atoms with Gasteiger partial charge in [0.2, 0.25) is 5.91 Å². The molecule has 150 valence electrons. The average Bonchev–Trinajstić information content (AvgIpc) is 2.62. The van der Waals surface area contributed by atoms with Crippen molar-refractivity contribution in [1.29, 1.82) is 0 Å². The Morgan fingerprint density at radius 3 is 2.93 bits per heavy atom. The Morgan fingerprint density at radius 1 is 1.33 bits per heavy atom. The van der Waals surface area contributed by atoms with Crippen LogP contribution in [0.3, 0.4) is 0 Å². The number of rotatable bonds is 5. The number of β-amino-alcohol motifs (C(OH)–C–C–N with tert-alkyl or cyclic N) is 1. The molecule has 7 heteroatoms. The summed E-state index contributed by atoms with van der Waals surface area (Å²) in [6, 6.07) is 6.74. The van der Waals surface area contributed by atoms with Crippen LogP contribution in [0, 0.1) is 5.82 Å². The molecule has 1 aromatic carbocycles. The van der Waals surface area contributed by atoms with Gasteiger partial charge in [-0.1, -0.05) is 18.2 Å². The van der Waals surface area contributed by atoms with E-state index in [1.165, 1.54) is 6.07 Å². The fourth-order valence-corrected chi connectivity index (χ4v) is 3.95. The van der Waals surface area contributed by atoms with E-state index in [0.717, 1.165) is 12.8 Å². The Hall–Kier alpha value is -1.54. The van der Waals surface area contributed by atoms with E-state index in [1.807, 2.05) is 13.0 Å². The van der Waals surface area contributed by atoms with Gasteiger partial charge in [-0.05, 0) is 25.8 Å². The fraction of sp³-hybridized carbons (Fsp3) is 0.650. The average molecular weight is 380 g/mol. The minimum Gasteiger partial charge on any atom is -0.389 e. The number of aliphatic hydroxyl groups excluding tert-OH is 1. The number of carbonyl (C=O) groups excluding carboxylic acids is 1. The van der Waals surface area contributed by atoms with Crippen molar-refractivity contribution in [3.05, 3.63) is 35.6 Å². The van der Waals surface area contributed by atoms with Crippen LogP contribution in [0.2, 0.25) is 0 Å². The highest BCUT2D eigenvalue weighted by Crippen LogP contribution is 2.29. The third kappa shape index (κ3) is 5.48. The standard InChI is InChI=1S/C20H29FN2O4/c1-2-22-20(25)9-16-7-8-18-19(27-16)13-26-12-15(24)11-23(18)10-14-5-3-4-6-17(14)21/h3-6,15-16,18-19,24H,2,7-13H2,1H3,(H,22,25)/t15-,16+,18-,19+/m1/s1. The van der Waals surface area contributed by atoms with E-state index >= 15 is 0 Å². The van der Waals surface area contributed by atoms with Crippen LogP contribution in [-0.4, -0.2) is 66.6 Å². The van der Waals surface area contributed by atoms with E-state index in [0.29, 0.717) is 38.2 Å². The van der Waals surface area contributed by atoms with Gasteiger partial charge in [0.25, 0.3) is 0 Å². The van der Waals surface area contributed by atoms with Crippen LogP contribution >= 0.6 is 0 Å². The molecule has 0 radical (unpaired) electrons. The number of halogens is 1. The van der Waals surface area contributed by atoms with Gasteiger partial charge in [-0.25, -0.2) is 4.39 Å². The lowest BCUT2D eigenvalue weighted by Gasteiger charge is -2.44. The second-order valence-corrected chi connectivity index (χ2v) is 7.31. The number of carbonyl (C=O) groups is 1. The van der Waals surface area contributed by atoms with Crippen molar-refractivity contribution >= 4 is 5.91 Å². The molecule has 1 aromatic rings. The van der Waals surface area contributed by atoms with E-state index in [2.05, 4.69) is 10.2 Å². The Morgan fingerprint density at radius 2 is 2.15 bits per heavy atom. The van der Waals surface area contributed by atoms with Crippen molar-refractivity contribution in [1.82, 2.24) is 10.2 Å². The molecule has 0 aromatic heterocycles. The highest BCUT2D eigenvalue weighted by molar-refractivity contribution is 5.76. The third-order valence-corrected chi connectivity index (χ3v) is 5.21. The molecule has 3 rings (SSSR count). The summed E-state index contributed by atoms with van der Waals surface area (Å²) in [6.07, 6.45) is 0.957. The van der Waals surface area contributed by atoms with E-state index < -0.39 is 6.10 Å². The van der Waals surface area contributed by atoms with Gasteiger partial charge in [-0.2, -0.15) is 0 Å². The summed E-state index contributed by atoms with van der Waals surface area (Å²) in [5.41, 5.74) is 0.606. The van der Waals surface area contributed by atoms with Crippen molar-refractivity contribution in [2.75, 3.05) is 26.3 Å². The summed E-state index contributed by atoms with van der Waals surface area (Å²) in [5.74, 6) is -0.251. The number of nitrogens with one attached hydrogen (secondary N) is 1. The van der Waals surface area contributed by atoms with Gasteiger partial charge in [-0.3, -0.25) is 9.69 Å². The Bertz CT molecular complexity index is 630. The highest BCUT2D eigenvalue weighted by Gasteiger charge is 2.38. The van der Waals surface area contributed by atoms with Crippen molar-refractivity contribution in [2.24, 2.45) is 0 Å². The second-order valence-electron chi connectivity index (χ2n) is 7.31. The molecule has 0 spiro atoms. The van der Waals surface area contributed by atoms with Crippen LogP contribution < -0.4 is 5.32 Å². The molecule has 0 unspecified atom stereocenters. The molecule has 2 aliphatic heterocycles. The molecule has 2 heterocycles. The number of hydrogen-bond acceptors (Lipinski definition) is 5. The molecule has 0 bridgehead atoms. The first-order chi connectivity index (χ1) is 13.1. The molecular weight excluding hydrogens is 351 g/mol. The Balaban J connectivity index is 1.70. The number of aliphatic hydroxyl groups is 1. The number of hydrogen-bond donors (Lipinski definition) is 2. The molecule has 2 saturated heterocycles. The van der Waals surface area contributed by atoms with Gasteiger partial charge in [-0.15, -0.1) is 0 Å². The van der Waals surface area contributed by atoms with Gasteiger partial charge < -0.3 is 19.9 Å². The predicted molar refractivity (Wildman–Crippen MR) is 98.6 cm³/mol. The maximum Gasteiger partial charge on any atom is 0.222 e. The number of amides is 1. The third-order valence-electron chi connectivity index (χ3n) is 5.21. The molecule has 27 heavy (non-hydrogen) atoms. The number of nitrogens with zero attached hydrogens (tertiary/aromatic N) is 1. The Kier molecular flexibility index (Phi) is 7.18. The zero-order valence-electron chi connectivity index (χ0n) is 15.8. The number of fused-ring (bicyclic) bond motifs is 1. The van der Waals surface area contributed by atoms with Gasteiger partial charge in [0.15, 0.2) is 0 Å². The maximum atomic E-state index is 14.1. The van der Waals surface area contributed by atoms with Gasteiger partial charge >= 0.3 is 0 Å². The van der Waals surface area contributed by atoms with Gasteiger partial charge in [0.05, 0.1) is 37.9 Å². The summed E-state index contributed by atoms with van der Waals surface area (Å²) in [6.45, 7) is 3.90. The molecule has 2 N–H and O–H groups in total. The second kappa shape index (κ2) is 9.59. The lowest BCUT2D eigenvalue weighted by molar-refractivity contribution is -0.158. The topological polar surface area (TPSA) is 71.0 Å². The zero-order chi connectivity index (χ0) is 19.2. The summed E-state index contributed by atoms with van der Waals surface area (Å²) in [7, 11) is 0. The summed E-state index contributed by atoms with van der Waals surface area (Å²) in [4.78, 5) is 14.0. The first kappa shape index (κ1) is 20.2. The summed E-state index contributed by atoms with van der Waals surface area (Å²) in [5, 5.41) is 13.0. The first-order valence-electron chi connectivity index (χ1n) is 9.72. The molecule has 1 amide bonds. The lowest BCUT2D eigenvalue weighted by atomic mass is 9.94. The van der Waals surface area contributed by atoms with E-state index in [4.69, 9.17) is 9.47 Å². The van der Waals surface area contributed by atoms with Gasteiger partial charge in [0.1, 0.15) is 5.82 Å². The van der Waals surface area contributed by atoms with Crippen LogP contribution in [0.4, 0.5) is 4.39 Å². The van der Waals surface area contributed by atoms with Crippen LogP contribution in [0.1, 0.15) is 31.7 Å². The van der Waals surface area contributed by atoms with Crippen LogP contribution in [0.5, 0.6) is 0 Å². The van der Waals surface area contributed by atoms with Crippen molar-refractivity contribution in [3.8, 4) is 0 Å². The summed E-state index contributed by atoms with van der Waals surface area (Å²) < 4.78 is 25.9. The monoisotopic (exact) mass is 380 g/mol. The normalized spacial score (nSPS) is 29.4. The molecule has 0 saturated carbocycles. The largest absolute Gasteiger partial charge is 0.389 e. The molecule has 6 nitrogen and oxygen atoms in total. The molecule has 2 fully saturated rings. The molecule has 4 atom stereocenters. The first-order valence-corrected chi connectivity index (χ1v) is 9.72. The molecule has 0 aliphatic carbocycles. The number of ether oxygens (including phenoxy) is 2. The minimum atomic E-state index is -0.620. The number of benzene rings is 1. The van der Waals surface area contributed by atoms with E-state index in [-0.39, 0.29) is 36.6 Å². The fourth-order valence-electron chi connectivity index (χ4n) is 3.95. The van der Waals surface area contributed by atoms with Crippen molar-refractivity contribution in [3.63, 3.8) is 0 Å². The van der Waals surface area contributed by atoms with Gasteiger partial charge in [0, 0.05) is 31.2 Å². The van der Waals surface area contributed by atoms with E-state index in [1.54, 1.807) is 12.1 Å². The van der Waals surface area contributed by atoms with Crippen LogP contribution in [0.15, 0.2) is 24.3 Å². The highest BCUT2D eigenvalue weighted by atomic mass is 19.1. The SMILES string of the molecule is CCNC(=O)C[C@@H]1CC[C@@H]2[C@H](COC[C@H](O)CN2Cc2ccccc2F)O1. The molecular formula is C20H29FN2O4. The van der Waals surface area contributed by atoms with Crippen molar-refractivity contribution in [2.45, 2.75) is 57.1 Å². The van der Waals surface area contributed by atoms with Crippen LogP contribution in [-0.2, 0) is 20.8 Å². The predicted octanol–water partition coefficient (Wildman–Crippen LogP) is 1.46. The maximum absolute atomic E-state index is 14.1. The van der Waals surface area contributed by atoms with Crippen molar-refractivity contribution < 1.29 is 23.8 Å². The zero-order valence-corrected chi connectivity index (χ0v) is 15.8. The summed E-state index contributed by atoms with van der Waals surface area (Å²) >= 11 is 0. The van der Waals surface area contributed by atoms with Crippen LogP contribution in [0.25, 0.3) is 0 Å².